The summed E-state index contributed by atoms with van der Waals surface area (Å²) in [5, 5.41) is 48.1. The van der Waals surface area contributed by atoms with Crippen LogP contribution in [0.3, 0.4) is 0 Å². The van der Waals surface area contributed by atoms with E-state index in [1.54, 1.807) is 23.3 Å². The SMILES string of the molecule is CN(Cc1cnc2nc(N)nc(N)c2n1)c1ccc(C(=O)N[C@@H](CCC(=O)O)C(=O)O)cc1.O=c1ccn([C@]2(F)O[C@H](CO)[C@@H](O)[C@H]2O)c(=O)[nH]1. The molecular formula is C29H33FN10O11. The summed E-state index contributed by atoms with van der Waals surface area (Å²) in [6, 6.07) is 6.02. The molecule has 0 saturated carbocycles. The Labute approximate surface area is 285 Å². The van der Waals surface area contributed by atoms with Crippen LogP contribution in [0.4, 0.5) is 21.8 Å². The molecule has 0 bridgehead atoms. The number of amides is 1. The van der Waals surface area contributed by atoms with Crippen LogP contribution in [-0.2, 0) is 26.8 Å². The van der Waals surface area contributed by atoms with Gasteiger partial charge in [-0.15, -0.1) is 0 Å². The van der Waals surface area contributed by atoms with Crippen LogP contribution in [0.5, 0.6) is 0 Å². The van der Waals surface area contributed by atoms with Gasteiger partial charge in [0.25, 0.3) is 11.5 Å². The third-order valence-corrected chi connectivity index (χ3v) is 7.44. The molecule has 272 valence electrons. The van der Waals surface area contributed by atoms with Crippen molar-refractivity contribution in [1.82, 2.24) is 34.8 Å². The number of halogens is 1. The summed E-state index contributed by atoms with van der Waals surface area (Å²) in [6.45, 7) is -0.365. The van der Waals surface area contributed by atoms with Crippen molar-refractivity contribution in [3.05, 3.63) is 74.8 Å². The third kappa shape index (κ3) is 8.74. The number of fused-ring (bicyclic) bond motifs is 1. The summed E-state index contributed by atoms with van der Waals surface area (Å²) in [6.07, 6.45) is -3.39. The lowest BCUT2D eigenvalue weighted by Gasteiger charge is -2.24. The van der Waals surface area contributed by atoms with Gasteiger partial charge >= 0.3 is 23.6 Å². The molecule has 0 spiro atoms. The van der Waals surface area contributed by atoms with Crippen molar-refractivity contribution in [2.24, 2.45) is 0 Å². The number of hydrogen-bond acceptors (Lipinski definition) is 16. The van der Waals surface area contributed by atoms with Crippen LogP contribution in [-0.4, -0.2) is 111 Å². The van der Waals surface area contributed by atoms with Crippen LogP contribution >= 0.6 is 0 Å². The fraction of sp³-hybridized carbons (Fsp3) is 0.345. The first kappa shape index (κ1) is 37.7. The standard InChI is InChI=1S/C20H22N8O5.C9H11FN2O6/c1-28(9-11-8-23-17-15(24-11)16(21)26-20(22)27-17)12-4-2-10(3-5-12)18(31)25-13(19(32)33)6-7-14(29)30;10-9(7(16)6(15)4(3-13)18-9)12-2-1-5(14)11-8(12)17/h2-5,8,13H,6-7,9H2,1H3,(H,25,31)(H,29,30)(H,32,33)(H4,21,22,23,26,27);1-2,4,6-7,13,15-16H,3H2,(H,11,14,17)/t13-;4-,6-,7-,9+/m01/s1. The number of carboxylic acid groups (broad SMARTS) is 2. The van der Waals surface area contributed by atoms with Crippen LogP contribution in [0, 0.1) is 0 Å². The average Bonchev–Trinajstić information content (AvgIpc) is 3.30. The van der Waals surface area contributed by atoms with E-state index in [1.807, 2.05) is 11.9 Å². The van der Waals surface area contributed by atoms with Gasteiger partial charge in [0.05, 0.1) is 25.0 Å². The molecule has 5 rings (SSSR count). The predicted molar refractivity (Wildman–Crippen MR) is 173 cm³/mol. The van der Waals surface area contributed by atoms with E-state index in [0.29, 0.717) is 28.0 Å². The van der Waals surface area contributed by atoms with E-state index < -0.39 is 66.0 Å². The van der Waals surface area contributed by atoms with Gasteiger partial charge in [0.2, 0.25) is 5.95 Å². The number of nitrogens with zero attached hydrogens (tertiary/aromatic N) is 6. The van der Waals surface area contributed by atoms with Gasteiger partial charge in [-0.2, -0.15) is 14.4 Å². The van der Waals surface area contributed by atoms with Gasteiger partial charge < -0.3 is 52.0 Å². The molecule has 1 saturated heterocycles. The molecule has 4 heterocycles. The topological polar surface area (TPSA) is 335 Å². The van der Waals surface area contributed by atoms with E-state index in [0.717, 1.165) is 18.0 Å². The Morgan fingerprint density at radius 2 is 1.80 bits per heavy atom. The Kier molecular flexibility index (Phi) is 11.6. The van der Waals surface area contributed by atoms with Crippen molar-refractivity contribution in [2.75, 3.05) is 30.0 Å². The maximum absolute atomic E-state index is 14.4. The molecule has 21 nitrogen and oxygen atoms in total. The van der Waals surface area contributed by atoms with E-state index in [4.69, 9.17) is 21.7 Å². The monoisotopic (exact) mass is 716 g/mol. The molecule has 11 N–H and O–H groups in total. The number of aliphatic hydroxyl groups excluding tert-OH is 3. The molecule has 1 aromatic carbocycles. The number of hydrogen-bond donors (Lipinski definition) is 9. The molecule has 1 aliphatic rings. The Bertz CT molecular complexity index is 2030. The minimum atomic E-state index is -3.05. The largest absolute Gasteiger partial charge is 0.481 e. The fourth-order valence-electron chi connectivity index (χ4n) is 4.79. The Balaban J connectivity index is 0.000000272. The lowest BCUT2D eigenvalue weighted by molar-refractivity contribution is -0.239. The van der Waals surface area contributed by atoms with Gasteiger partial charge in [0.1, 0.15) is 18.2 Å². The summed E-state index contributed by atoms with van der Waals surface area (Å²) >= 11 is 0. The van der Waals surface area contributed by atoms with Crippen LogP contribution in [0.15, 0.2) is 52.3 Å². The number of rotatable bonds is 11. The third-order valence-electron chi connectivity index (χ3n) is 7.44. The van der Waals surface area contributed by atoms with Crippen molar-refractivity contribution >= 4 is 46.5 Å². The number of anilines is 3. The van der Waals surface area contributed by atoms with E-state index in [-0.39, 0.29) is 30.2 Å². The number of ether oxygens (including phenoxy) is 1. The number of aromatic nitrogens is 6. The van der Waals surface area contributed by atoms with Crippen molar-refractivity contribution in [2.45, 2.75) is 49.7 Å². The second kappa shape index (κ2) is 15.6. The number of nitrogens with one attached hydrogen (secondary N) is 2. The molecule has 51 heavy (non-hydrogen) atoms. The zero-order valence-corrected chi connectivity index (χ0v) is 26.6. The molecular weight excluding hydrogens is 683 g/mol. The molecule has 3 aromatic heterocycles. The predicted octanol–water partition coefficient (Wildman–Crippen LogP) is -2.50. The van der Waals surface area contributed by atoms with Crippen LogP contribution < -0.4 is 32.9 Å². The quantitative estimate of drug-likeness (QED) is 0.0774. The molecule has 0 radical (unpaired) electrons. The number of carbonyl (C=O) groups excluding carboxylic acids is 1. The zero-order chi connectivity index (χ0) is 37.6. The highest BCUT2D eigenvalue weighted by Crippen LogP contribution is 2.35. The summed E-state index contributed by atoms with van der Waals surface area (Å²) in [5.41, 5.74) is 11.8. The zero-order valence-electron chi connectivity index (χ0n) is 26.6. The molecule has 0 aliphatic carbocycles. The summed E-state index contributed by atoms with van der Waals surface area (Å²) < 4.78 is 19.4. The molecule has 1 amide bonds. The fourth-order valence-corrected chi connectivity index (χ4v) is 4.79. The van der Waals surface area contributed by atoms with Crippen molar-refractivity contribution < 1.29 is 49.0 Å². The number of nitrogen functional groups attached to an aromatic ring is 2. The normalized spacial score (nSPS) is 20.2. The number of carboxylic acids is 2. The van der Waals surface area contributed by atoms with Crippen LogP contribution in [0.2, 0.25) is 0 Å². The Morgan fingerprint density at radius 3 is 2.39 bits per heavy atom. The van der Waals surface area contributed by atoms with E-state index >= 15 is 0 Å². The molecule has 5 atom stereocenters. The van der Waals surface area contributed by atoms with Gasteiger partial charge in [-0.25, -0.2) is 24.1 Å². The number of aliphatic hydroxyl groups is 3. The number of aliphatic carboxylic acids is 2. The van der Waals surface area contributed by atoms with Gasteiger partial charge in [-0.05, 0) is 30.7 Å². The highest BCUT2D eigenvalue weighted by molar-refractivity contribution is 5.97. The lowest BCUT2D eigenvalue weighted by atomic mass is 10.1. The van der Waals surface area contributed by atoms with E-state index in [2.05, 4.69) is 30.0 Å². The average molecular weight is 717 g/mol. The molecule has 0 unspecified atom stereocenters. The van der Waals surface area contributed by atoms with Crippen LogP contribution in [0.25, 0.3) is 11.2 Å². The summed E-state index contributed by atoms with van der Waals surface area (Å²) in [4.78, 5) is 76.7. The van der Waals surface area contributed by atoms with Gasteiger partial charge in [-0.1, -0.05) is 0 Å². The van der Waals surface area contributed by atoms with E-state index in [1.165, 1.54) is 12.1 Å². The minimum Gasteiger partial charge on any atom is -0.481 e. The van der Waals surface area contributed by atoms with Crippen molar-refractivity contribution in [3.63, 3.8) is 0 Å². The van der Waals surface area contributed by atoms with Crippen molar-refractivity contribution in [1.29, 1.82) is 0 Å². The van der Waals surface area contributed by atoms with Crippen molar-refractivity contribution in [3.8, 4) is 0 Å². The first-order valence-electron chi connectivity index (χ1n) is 14.8. The smallest absolute Gasteiger partial charge is 0.332 e. The first-order chi connectivity index (χ1) is 24.0. The second-order valence-electron chi connectivity index (χ2n) is 11.1. The number of H-pyrrole nitrogens is 1. The summed E-state index contributed by atoms with van der Waals surface area (Å²) in [7, 11) is 1.82. The van der Waals surface area contributed by atoms with Gasteiger partial charge in [0.15, 0.2) is 23.1 Å². The Morgan fingerprint density at radius 1 is 1.12 bits per heavy atom. The highest BCUT2D eigenvalue weighted by Gasteiger charge is 2.57. The van der Waals surface area contributed by atoms with E-state index in [9.17, 15) is 43.7 Å². The number of alkyl halides is 1. The Hall–Kier alpha value is -6.10. The summed E-state index contributed by atoms with van der Waals surface area (Å²) in [5.74, 6) is -5.96. The maximum atomic E-state index is 14.4. The molecule has 1 fully saturated rings. The number of benzene rings is 1. The second-order valence-corrected chi connectivity index (χ2v) is 11.1. The van der Waals surface area contributed by atoms with Gasteiger partial charge in [-0.3, -0.25) is 19.4 Å². The lowest BCUT2D eigenvalue weighted by Crippen LogP contribution is -2.48. The molecule has 22 heteroatoms. The highest BCUT2D eigenvalue weighted by atomic mass is 19.2. The van der Waals surface area contributed by atoms with Crippen LogP contribution in [0.1, 0.15) is 28.9 Å². The first-order valence-corrected chi connectivity index (χ1v) is 14.8. The minimum absolute atomic E-state index is 0.0138. The number of carbonyl (C=O) groups is 3. The number of nitrogens with two attached hydrogens (primary N) is 2. The molecule has 1 aliphatic heterocycles. The maximum Gasteiger partial charge on any atom is 0.332 e. The molecule has 4 aromatic rings. The van der Waals surface area contributed by atoms with Gasteiger partial charge in [0, 0.05) is 37.0 Å². The number of aromatic amines is 1.